The van der Waals surface area contributed by atoms with Crippen molar-refractivity contribution in [3.05, 3.63) is 126 Å². The Hall–Kier alpha value is -3.58. The zero-order chi connectivity index (χ0) is 22.0. The number of nitrogens with zero attached hydrogens (tertiary/aromatic N) is 1. The van der Waals surface area contributed by atoms with E-state index >= 15 is 0 Å². The Bertz CT molecular complexity index is 1360. The molecule has 0 fully saturated rings. The number of benzene rings is 1. The number of fused-ring (bicyclic) bond motifs is 2. The summed E-state index contributed by atoms with van der Waals surface area (Å²) in [6.45, 7) is 0. The highest BCUT2D eigenvalue weighted by Gasteiger charge is 2.25. The van der Waals surface area contributed by atoms with E-state index in [1.54, 1.807) is 0 Å². The van der Waals surface area contributed by atoms with Crippen LogP contribution in [-0.2, 0) is 0 Å². The average molecular weight is 428 g/mol. The Labute approximate surface area is 196 Å². The molecule has 1 nitrogen and oxygen atoms in total. The molecule has 0 heterocycles. The van der Waals surface area contributed by atoms with Crippen LogP contribution >= 0.6 is 0 Å². The number of hydrogen-bond acceptors (Lipinski definition) is 1. The van der Waals surface area contributed by atoms with Gasteiger partial charge in [0.25, 0.3) is 0 Å². The summed E-state index contributed by atoms with van der Waals surface area (Å²) in [5.74, 6) is 0. The molecule has 0 aromatic heterocycles. The zero-order valence-corrected chi connectivity index (χ0v) is 19.0. The highest BCUT2D eigenvalue weighted by molar-refractivity contribution is 6.18. The van der Waals surface area contributed by atoms with Crippen LogP contribution in [0.25, 0.3) is 21.9 Å². The van der Waals surface area contributed by atoms with E-state index in [0.717, 1.165) is 38.5 Å². The van der Waals surface area contributed by atoms with Crippen LogP contribution in [0.5, 0.6) is 0 Å². The number of anilines is 1. The van der Waals surface area contributed by atoms with E-state index in [4.69, 9.17) is 0 Å². The van der Waals surface area contributed by atoms with Gasteiger partial charge in [0.05, 0.1) is 5.69 Å². The second-order valence-corrected chi connectivity index (χ2v) is 9.03. The molecule has 0 spiro atoms. The maximum Gasteiger partial charge on any atom is 0.0537 e. The Kier molecular flexibility index (Phi) is 5.32. The van der Waals surface area contributed by atoms with Crippen LogP contribution in [0.2, 0.25) is 0 Å². The summed E-state index contributed by atoms with van der Waals surface area (Å²) in [5.41, 5.74) is 9.58. The van der Waals surface area contributed by atoms with Crippen molar-refractivity contribution in [2.45, 2.75) is 38.5 Å². The first-order valence-electron chi connectivity index (χ1n) is 12.2. The molecule has 4 aliphatic carbocycles. The predicted octanol–water partition coefficient (Wildman–Crippen LogP) is 8.81. The fraction of sp³-hybridized carbons (Fsp3) is 0.188. The van der Waals surface area contributed by atoms with Crippen molar-refractivity contribution < 1.29 is 0 Å². The minimum absolute atomic E-state index is 1.05. The third kappa shape index (κ3) is 3.58. The second kappa shape index (κ2) is 8.75. The van der Waals surface area contributed by atoms with E-state index < -0.39 is 0 Å². The van der Waals surface area contributed by atoms with E-state index in [1.165, 1.54) is 50.1 Å². The van der Waals surface area contributed by atoms with Gasteiger partial charge in [0, 0.05) is 16.8 Å². The molecule has 0 bridgehead atoms. The smallest absolute Gasteiger partial charge is 0.0537 e. The predicted molar refractivity (Wildman–Crippen MR) is 142 cm³/mol. The Morgan fingerprint density at radius 3 is 2.36 bits per heavy atom. The van der Waals surface area contributed by atoms with Gasteiger partial charge in [0.1, 0.15) is 0 Å². The molecule has 0 saturated carbocycles. The number of rotatable bonds is 3. The zero-order valence-electron chi connectivity index (χ0n) is 19.0. The number of hydrogen-bond donors (Lipinski definition) is 0. The van der Waals surface area contributed by atoms with Gasteiger partial charge in [-0.3, -0.25) is 0 Å². The van der Waals surface area contributed by atoms with Gasteiger partial charge in [-0.25, -0.2) is 0 Å². The lowest BCUT2D eigenvalue weighted by atomic mass is 9.96. The van der Waals surface area contributed by atoms with Gasteiger partial charge >= 0.3 is 0 Å². The Morgan fingerprint density at radius 1 is 0.667 bits per heavy atom. The molecular formula is C32H29N. The van der Waals surface area contributed by atoms with Crippen LogP contribution < -0.4 is 4.90 Å². The largest absolute Gasteiger partial charge is 0.314 e. The molecule has 2 aromatic rings. The minimum Gasteiger partial charge on any atom is -0.314 e. The maximum atomic E-state index is 2.51. The third-order valence-corrected chi connectivity index (χ3v) is 7.00. The van der Waals surface area contributed by atoms with Gasteiger partial charge in [0.2, 0.25) is 0 Å². The summed E-state index contributed by atoms with van der Waals surface area (Å²) in [5, 5.41) is 2.70. The standard InChI is InChI=1S/C32H29N/c1-2-10-23-31(33(24-14-5-3-6-15-24)25-16-7-4-8-17-25)30-22-13-21-29-27-19-12-11-18-26(27)28(20-9-1)32(29)30/h1-3,5,7,9-10,12-14,16-17,19-23H,4,6,8,11,15,18H2. The SMILES string of the molecule is C1=CCCC(N(C2=CCCC=C2)c2ccccccc3c4c(cccc24)C2=C3CCC=C2)=C1. The third-order valence-electron chi connectivity index (χ3n) is 7.00. The van der Waals surface area contributed by atoms with Crippen molar-refractivity contribution in [1.29, 1.82) is 0 Å². The first kappa shape index (κ1) is 20.1. The minimum atomic E-state index is 1.05. The van der Waals surface area contributed by atoms with Gasteiger partial charge in [-0.2, -0.15) is 0 Å². The molecular weight excluding hydrogens is 398 g/mol. The van der Waals surface area contributed by atoms with Crippen molar-refractivity contribution in [3.8, 4) is 0 Å². The molecule has 0 saturated heterocycles. The van der Waals surface area contributed by atoms with Crippen LogP contribution in [-0.4, -0.2) is 0 Å². The van der Waals surface area contributed by atoms with E-state index in [0.29, 0.717) is 0 Å². The Morgan fingerprint density at radius 2 is 1.52 bits per heavy atom. The lowest BCUT2D eigenvalue weighted by Crippen LogP contribution is -2.22. The summed E-state index contributed by atoms with van der Waals surface area (Å²) >= 11 is 0. The first-order chi connectivity index (χ1) is 16.4. The molecule has 0 atom stereocenters. The summed E-state index contributed by atoms with van der Waals surface area (Å²) in [6, 6.07) is 20.2. The van der Waals surface area contributed by atoms with Crippen LogP contribution in [0.1, 0.15) is 49.7 Å². The van der Waals surface area contributed by atoms with Crippen molar-refractivity contribution in [2.75, 3.05) is 4.90 Å². The molecule has 0 aliphatic heterocycles. The lowest BCUT2D eigenvalue weighted by Gasteiger charge is -2.31. The second-order valence-electron chi connectivity index (χ2n) is 9.03. The van der Waals surface area contributed by atoms with Gasteiger partial charge in [-0.1, -0.05) is 85.0 Å². The quantitative estimate of drug-likeness (QED) is 0.473. The van der Waals surface area contributed by atoms with Crippen molar-refractivity contribution in [1.82, 2.24) is 0 Å². The first-order valence-corrected chi connectivity index (χ1v) is 12.2. The molecule has 2 aromatic carbocycles. The highest BCUT2D eigenvalue weighted by Crippen LogP contribution is 2.47. The van der Waals surface area contributed by atoms with E-state index in [-0.39, 0.29) is 0 Å². The lowest BCUT2D eigenvalue weighted by molar-refractivity contribution is 0.889. The van der Waals surface area contributed by atoms with Crippen LogP contribution in [0.4, 0.5) is 5.69 Å². The highest BCUT2D eigenvalue weighted by atomic mass is 15.2. The van der Waals surface area contributed by atoms with Gasteiger partial charge < -0.3 is 4.90 Å². The Balaban J connectivity index is 1.69. The van der Waals surface area contributed by atoms with Crippen LogP contribution in [0.3, 0.4) is 0 Å². The molecule has 0 N–H and O–H groups in total. The van der Waals surface area contributed by atoms with Crippen LogP contribution in [0.15, 0.2) is 115 Å². The molecule has 1 heteroatoms. The van der Waals surface area contributed by atoms with E-state index in [9.17, 15) is 0 Å². The molecule has 4 aliphatic rings. The molecule has 0 unspecified atom stereocenters. The fourth-order valence-corrected chi connectivity index (χ4v) is 5.52. The topological polar surface area (TPSA) is 3.24 Å². The number of allylic oxidation sites excluding steroid dienone is 11. The van der Waals surface area contributed by atoms with Crippen molar-refractivity contribution in [2.24, 2.45) is 0 Å². The molecule has 6 rings (SSSR count). The summed E-state index contributed by atoms with van der Waals surface area (Å²) in [6.07, 6.45) is 25.0. The van der Waals surface area contributed by atoms with Crippen molar-refractivity contribution >= 4 is 27.6 Å². The molecule has 162 valence electrons. The molecule has 33 heavy (non-hydrogen) atoms. The monoisotopic (exact) mass is 427 g/mol. The molecule has 0 amide bonds. The normalized spacial score (nSPS) is 18.1. The summed E-state index contributed by atoms with van der Waals surface area (Å²) in [4.78, 5) is 2.51. The van der Waals surface area contributed by atoms with Crippen LogP contribution in [0, 0.1) is 0 Å². The molecule has 0 radical (unpaired) electrons. The van der Waals surface area contributed by atoms with Crippen molar-refractivity contribution in [3.63, 3.8) is 0 Å². The van der Waals surface area contributed by atoms with E-state index in [1.807, 2.05) is 0 Å². The summed E-state index contributed by atoms with van der Waals surface area (Å²) in [7, 11) is 0. The van der Waals surface area contributed by atoms with E-state index in [2.05, 4.69) is 108 Å². The van der Waals surface area contributed by atoms with Gasteiger partial charge in [-0.15, -0.1) is 0 Å². The van der Waals surface area contributed by atoms with Gasteiger partial charge in [-0.05, 0) is 84.4 Å². The summed E-state index contributed by atoms with van der Waals surface area (Å²) < 4.78 is 0. The maximum absolute atomic E-state index is 2.51. The fourth-order valence-electron chi connectivity index (χ4n) is 5.52. The average Bonchev–Trinajstić information content (AvgIpc) is 3.20. The van der Waals surface area contributed by atoms with Gasteiger partial charge in [0.15, 0.2) is 0 Å².